The van der Waals surface area contributed by atoms with Gasteiger partial charge in [-0.1, -0.05) is 0 Å². The highest BCUT2D eigenvalue weighted by Gasteiger charge is 2.26. The van der Waals surface area contributed by atoms with Crippen LogP contribution in [-0.2, 0) is 33.0 Å². The Morgan fingerprint density at radius 1 is 1.08 bits per heavy atom. The van der Waals surface area contributed by atoms with Crippen LogP contribution in [0, 0.1) is 0 Å². The Labute approximate surface area is 152 Å². The van der Waals surface area contributed by atoms with Crippen molar-refractivity contribution in [2.45, 2.75) is 57.7 Å². The first kappa shape index (κ1) is 17.1. The first-order valence-corrected chi connectivity index (χ1v) is 9.47. The Kier molecular flexibility index (Phi) is 4.72. The van der Waals surface area contributed by atoms with E-state index in [-0.39, 0.29) is 17.2 Å². The van der Waals surface area contributed by atoms with Crippen molar-refractivity contribution in [2.75, 3.05) is 6.54 Å². The van der Waals surface area contributed by atoms with Crippen LogP contribution >= 0.6 is 0 Å². The molecule has 0 bridgehead atoms. The fourth-order valence-electron chi connectivity index (χ4n) is 4.08. The molecule has 1 atom stereocenters. The molecule has 4 rings (SSSR count). The molecule has 7 heteroatoms. The highest BCUT2D eigenvalue weighted by atomic mass is 16.1. The Morgan fingerprint density at radius 3 is 2.77 bits per heavy atom. The molecule has 138 valence electrons. The summed E-state index contributed by atoms with van der Waals surface area (Å²) in [5.74, 6) is 0. The lowest BCUT2D eigenvalue weighted by molar-refractivity contribution is 0.212. The number of nitrogens with zero attached hydrogens (tertiary/aromatic N) is 5. The van der Waals surface area contributed by atoms with E-state index in [1.54, 1.807) is 29.9 Å². The molecule has 2 aromatic rings. The Balaban J connectivity index is 1.51. The average Bonchev–Trinajstić information content (AvgIpc) is 3.05. The number of likely N-dealkylation sites (tertiary alicyclic amines) is 1. The molecule has 0 amide bonds. The van der Waals surface area contributed by atoms with Gasteiger partial charge in [0.2, 0.25) is 0 Å². The van der Waals surface area contributed by atoms with Gasteiger partial charge in [-0.3, -0.25) is 14.5 Å². The summed E-state index contributed by atoms with van der Waals surface area (Å²) >= 11 is 0. The van der Waals surface area contributed by atoms with Crippen molar-refractivity contribution in [3.63, 3.8) is 0 Å². The van der Waals surface area contributed by atoms with Crippen LogP contribution < -0.4 is 11.1 Å². The fraction of sp³-hybridized carbons (Fsp3) is 0.579. The topological polar surface area (TPSA) is 73.0 Å². The minimum Gasteiger partial charge on any atom is -0.293 e. The number of fused-ring (bicyclic) bond motifs is 1. The molecule has 3 heterocycles. The van der Waals surface area contributed by atoms with Gasteiger partial charge in [0.15, 0.2) is 0 Å². The molecule has 1 saturated heterocycles. The lowest BCUT2D eigenvalue weighted by Crippen LogP contribution is -2.38. The van der Waals surface area contributed by atoms with Gasteiger partial charge in [-0.2, -0.15) is 10.2 Å². The zero-order valence-corrected chi connectivity index (χ0v) is 15.2. The predicted molar refractivity (Wildman–Crippen MR) is 98.0 cm³/mol. The molecule has 1 aliphatic heterocycles. The minimum atomic E-state index is -0.100. The van der Waals surface area contributed by atoms with Crippen LogP contribution in [0.3, 0.4) is 0 Å². The molecule has 0 radical (unpaired) electrons. The van der Waals surface area contributed by atoms with Crippen LogP contribution in [0.15, 0.2) is 27.8 Å². The van der Waals surface area contributed by atoms with E-state index in [4.69, 9.17) is 0 Å². The summed E-state index contributed by atoms with van der Waals surface area (Å²) in [6.45, 7) is 2.30. The van der Waals surface area contributed by atoms with Gasteiger partial charge in [-0.15, -0.1) is 0 Å². The smallest absolute Gasteiger partial charge is 0.267 e. The zero-order chi connectivity index (χ0) is 18.1. The zero-order valence-electron chi connectivity index (χ0n) is 15.2. The van der Waals surface area contributed by atoms with Crippen LogP contribution in [0.4, 0.5) is 0 Å². The van der Waals surface area contributed by atoms with E-state index in [9.17, 15) is 9.59 Å². The SMILES string of the molecule is Cn1nc(CN2CCCC2Cn2nc3c(cc2=O)CCCC3)ccc1=O. The van der Waals surface area contributed by atoms with Gasteiger partial charge < -0.3 is 0 Å². The van der Waals surface area contributed by atoms with Gasteiger partial charge in [-0.25, -0.2) is 9.36 Å². The van der Waals surface area contributed by atoms with E-state index < -0.39 is 0 Å². The first-order chi connectivity index (χ1) is 12.6. The molecular formula is C19H25N5O2. The first-order valence-electron chi connectivity index (χ1n) is 9.47. The molecule has 2 aliphatic rings. The van der Waals surface area contributed by atoms with Gasteiger partial charge in [0.25, 0.3) is 11.1 Å². The molecule has 0 aromatic carbocycles. The van der Waals surface area contributed by atoms with E-state index in [2.05, 4.69) is 15.1 Å². The predicted octanol–water partition coefficient (Wildman–Crippen LogP) is 0.880. The highest BCUT2D eigenvalue weighted by Crippen LogP contribution is 2.21. The van der Waals surface area contributed by atoms with Crippen molar-refractivity contribution in [1.29, 1.82) is 0 Å². The maximum Gasteiger partial charge on any atom is 0.267 e. The summed E-state index contributed by atoms with van der Waals surface area (Å²) in [4.78, 5) is 26.3. The van der Waals surface area contributed by atoms with Gasteiger partial charge in [-0.05, 0) is 56.7 Å². The van der Waals surface area contributed by atoms with Crippen LogP contribution in [0.2, 0.25) is 0 Å². The van der Waals surface area contributed by atoms with Gasteiger partial charge in [0.1, 0.15) is 0 Å². The molecule has 0 spiro atoms. The minimum absolute atomic E-state index is 0.0118. The normalized spacial score (nSPS) is 20.3. The fourth-order valence-corrected chi connectivity index (χ4v) is 4.08. The Hall–Kier alpha value is -2.28. The average molecular weight is 355 g/mol. The number of hydrogen-bond donors (Lipinski definition) is 0. The Bertz CT molecular complexity index is 917. The van der Waals surface area contributed by atoms with E-state index in [1.165, 1.54) is 4.68 Å². The third-order valence-electron chi connectivity index (χ3n) is 5.54. The summed E-state index contributed by atoms with van der Waals surface area (Å²) < 4.78 is 3.03. The maximum absolute atomic E-state index is 12.5. The maximum atomic E-state index is 12.5. The van der Waals surface area contributed by atoms with E-state index >= 15 is 0 Å². The van der Waals surface area contributed by atoms with E-state index in [0.29, 0.717) is 13.1 Å². The summed E-state index contributed by atoms with van der Waals surface area (Å²) in [5, 5.41) is 8.99. The number of aromatic nitrogens is 4. The van der Waals surface area contributed by atoms with Gasteiger partial charge in [0.05, 0.1) is 17.9 Å². The summed E-state index contributed by atoms with van der Waals surface area (Å²) in [7, 11) is 1.67. The molecular weight excluding hydrogens is 330 g/mol. The van der Waals surface area contributed by atoms with E-state index in [1.807, 2.05) is 0 Å². The summed E-state index contributed by atoms with van der Waals surface area (Å²) in [6, 6.07) is 5.42. The standard InChI is InChI=1S/C19H25N5O2/c1-22-18(25)9-8-15(20-22)12-23-10-4-6-16(23)13-24-19(26)11-14-5-2-3-7-17(14)21-24/h8-9,11,16H,2-7,10,12-13H2,1H3. The summed E-state index contributed by atoms with van der Waals surface area (Å²) in [6.07, 6.45) is 6.43. The molecule has 26 heavy (non-hydrogen) atoms. The lowest BCUT2D eigenvalue weighted by Gasteiger charge is -2.25. The molecule has 1 aliphatic carbocycles. The summed E-state index contributed by atoms with van der Waals surface area (Å²) in [5.41, 5.74) is 3.02. The van der Waals surface area contributed by atoms with Gasteiger partial charge in [0, 0.05) is 31.8 Å². The monoisotopic (exact) mass is 355 g/mol. The van der Waals surface area contributed by atoms with Crippen molar-refractivity contribution in [3.8, 4) is 0 Å². The van der Waals surface area contributed by atoms with Crippen LogP contribution in [0.5, 0.6) is 0 Å². The highest BCUT2D eigenvalue weighted by molar-refractivity contribution is 5.20. The molecule has 7 nitrogen and oxygen atoms in total. The van der Waals surface area contributed by atoms with Crippen molar-refractivity contribution >= 4 is 0 Å². The van der Waals surface area contributed by atoms with Crippen LogP contribution in [0.25, 0.3) is 0 Å². The molecule has 1 unspecified atom stereocenters. The third kappa shape index (κ3) is 3.49. The molecule has 0 N–H and O–H groups in total. The quantitative estimate of drug-likeness (QED) is 0.814. The largest absolute Gasteiger partial charge is 0.293 e. The Morgan fingerprint density at radius 2 is 1.92 bits per heavy atom. The number of aryl methyl sites for hydroxylation is 3. The molecule has 0 saturated carbocycles. The second-order valence-corrected chi connectivity index (χ2v) is 7.40. The van der Waals surface area contributed by atoms with Gasteiger partial charge >= 0.3 is 0 Å². The second kappa shape index (κ2) is 7.15. The third-order valence-corrected chi connectivity index (χ3v) is 5.54. The van der Waals surface area contributed by atoms with Crippen molar-refractivity contribution in [3.05, 3.63) is 55.9 Å². The van der Waals surface area contributed by atoms with Crippen molar-refractivity contribution in [2.24, 2.45) is 7.05 Å². The number of rotatable bonds is 4. The lowest BCUT2D eigenvalue weighted by atomic mass is 9.97. The van der Waals surface area contributed by atoms with Crippen molar-refractivity contribution < 1.29 is 0 Å². The second-order valence-electron chi connectivity index (χ2n) is 7.40. The van der Waals surface area contributed by atoms with E-state index in [0.717, 1.165) is 62.0 Å². The molecule has 1 fully saturated rings. The van der Waals surface area contributed by atoms with Crippen LogP contribution in [-0.4, -0.2) is 37.0 Å². The number of hydrogen-bond acceptors (Lipinski definition) is 5. The van der Waals surface area contributed by atoms with Crippen molar-refractivity contribution in [1.82, 2.24) is 24.5 Å². The van der Waals surface area contributed by atoms with Crippen LogP contribution in [0.1, 0.15) is 42.6 Å². The molecule has 2 aromatic heterocycles.